The number of hydrogen-bond donors (Lipinski definition) is 1. The zero-order valence-corrected chi connectivity index (χ0v) is 18.1. The summed E-state index contributed by atoms with van der Waals surface area (Å²) in [6.45, 7) is 3.10. The van der Waals surface area contributed by atoms with Crippen LogP contribution in [0.1, 0.15) is 0 Å². The minimum atomic E-state index is -0.281. The minimum absolute atomic E-state index is 0.281. The molecule has 0 atom stereocenters. The van der Waals surface area contributed by atoms with Gasteiger partial charge >= 0.3 is 0 Å². The number of morpholine rings is 1. The number of rotatable bonds is 4. The van der Waals surface area contributed by atoms with E-state index in [9.17, 15) is 4.39 Å². The van der Waals surface area contributed by atoms with Crippen LogP contribution in [-0.4, -0.2) is 57.3 Å². The summed E-state index contributed by atoms with van der Waals surface area (Å²) in [6.07, 6.45) is 3.94. The number of aromatic nitrogens is 5. The SMILES string of the molecule is CNc1cn2nc(-c3c(-c4ccc(F)cc4)nc4ccc(N5CCOCC5)cn34)ccc2n1. The van der Waals surface area contributed by atoms with Gasteiger partial charge in [0.2, 0.25) is 0 Å². The Hall–Kier alpha value is -3.98. The molecule has 9 heteroatoms. The van der Waals surface area contributed by atoms with E-state index in [1.165, 1.54) is 12.1 Å². The highest BCUT2D eigenvalue weighted by Crippen LogP contribution is 2.33. The van der Waals surface area contributed by atoms with Crippen molar-refractivity contribution in [1.29, 1.82) is 0 Å². The van der Waals surface area contributed by atoms with Crippen LogP contribution < -0.4 is 10.2 Å². The monoisotopic (exact) mass is 443 g/mol. The Morgan fingerprint density at radius 2 is 1.70 bits per heavy atom. The minimum Gasteiger partial charge on any atom is -0.378 e. The molecule has 8 nitrogen and oxygen atoms in total. The molecule has 1 aliphatic rings. The highest BCUT2D eigenvalue weighted by molar-refractivity contribution is 5.81. The Morgan fingerprint density at radius 3 is 2.48 bits per heavy atom. The summed E-state index contributed by atoms with van der Waals surface area (Å²) >= 11 is 0. The highest BCUT2D eigenvalue weighted by Gasteiger charge is 2.20. The van der Waals surface area contributed by atoms with E-state index >= 15 is 0 Å². The van der Waals surface area contributed by atoms with Gasteiger partial charge in [-0.05, 0) is 48.5 Å². The first-order valence-corrected chi connectivity index (χ1v) is 10.8. The van der Waals surface area contributed by atoms with Crippen molar-refractivity contribution >= 4 is 22.8 Å². The Bertz CT molecular complexity index is 1450. The fourth-order valence-electron chi connectivity index (χ4n) is 4.22. The Kier molecular flexibility index (Phi) is 4.69. The number of nitrogens with one attached hydrogen (secondary N) is 1. The molecule has 0 spiro atoms. The molecular formula is C24H22FN7O. The third-order valence-corrected chi connectivity index (χ3v) is 5.92. The molecule has 33 heavy (non-hydrogen) atoms. The smallest absolute Gasteiger partial charge is 0.156 e. The summed E-state index contributed by atoms with van der Waals surface area (Å²) in [4.78, 5) is 11.7. The maximum Gasteiger partial charge on any atom is 0.156 e. The summed E-state index contributed by atoms with van der Waals surface area (Å²) in [5, 5.41) is 7.87. The van der Waals surface area contributed by atoms with E-state index in [2.05, 4.69) is 31.9 Å². The lowest BCUT2D eigenvalue weighted by Crippen LogP contribution is -2.36. The third kappa shape index (κ3) is 3.46. The molecule has 166 valence electrons. The van der Waals surface area contributed by atoms with Crippen LogP contribution in [0.25, 0.3) is 33.9 Å². The lowest BCUT2D eigenvalue weighted by molar-refractivity contribution is 0.122. The Morgan fingerprint density at radius 1 is 0.909 bits per heavy atom. The number of nitrogens with zero attached hydrogens (tertiary/aromatic N) is 6. The second-order valence-electron chi connectivity index (χ2n) is 7.93. The molecule has 1 N–H and O–H groups in total. The van der Waals surface area contributed by atoms with Crippen LogP contribution in [-0.2, 0) is 4.74 Å². The first kappa shape index (κ1) is 19.7. The summed E-state index contributed by atoms with van der Waals surface area (Å²) in [6, 6.07) is 14.4. The normalized spacial score (nSPS) is 14.3. The quantitative estimate of drug-likeness (QED) is 0.456. The van der Waals surface area contributed by atoms with Gasteiger partial charge in [-0.2, -0.15) is 5.10 Å². The first-order valence-electron chi connectivity index (χ1n) is 10.8. The molecular weight excluding hydrogens is 421 g/mol. The van der Waals surface area contributed by atoms with Gasteiger partial charge in [-0.1, -0.05) is 0 Å². The van der Waals surface area contributed by atoms with Crippen molar-refractivity contribution in [3.63, 3.8) is 0 Å². The van der Waals surface area contributed by atoms with Gasteiger partial charge in [0.25, 0.3) is 0 Å². The molecule has 0 saturated carbocycles. The van der Waals surface area contributed by atoms with Crippen molar-refractivity contribution in [2.24, 2.45) is 0 Å². The molecule has 0 aliphatic carbocycles. The van der Waals surface area contributed by atoms with Gasteiger partial charge in [0.1, 0.15) is 28.7 Å². The van der Waals surface area contributed by atoms with Gasteiger partial charge in [0.05, 0.1) is 30.8 Å². The van der Waals surface area contributed by atoms with E-state index in [0.29, 0.717) is 13.2 Å². The fraction of sp³-hybridized carbons (Fsp3) is 0.208. The number of ether oxygens (including phenoxy) is 1. The molecule has 6 rings (SSSR count). The van der Waals surface area contributed by atoms with Crippen LogP contribution in [0.5, 0.6) is 0 Å². The van der Waals surface area contributed by atoms with Gasteiger partial charge in [-0.25, -0.2) is 18.9 Å². The van der Waals surface area contributed by atoms with Gasteiger partial charge in [0, 0.05) is 31.9 Å². The van der Waals surface area contributed by atoms with E-state index in [1.807, 2.05) is 31.4 Å². The van der Waals surface area contributed by atoms with Crippen LogP contribution in [0.4, 0.5) is 15.9 Å². The number of halogens is 1. The highest BCUT2D eigenvalue weighted by atomic mass is 19.1. The molecule has 1 aromatic carbocycles. The Balaban J connectivity index is 1.57. The van der Waals surface area contributed by atoms with Crippen LogP contribution in [0.3, 0.4) is 0 Å². The molecule has 4 aromatic heterocycles. The van der Waals surface area contributed by atoms with Crippen LogP contribution >= 0.6 is 0 Å². The molecule has 5 aromatic rings. The maximum atomic E-state index is 13.6. The lowest BCUT2D eigenvalue weighted by atomic mass is 10.1. The maximum absolute atomic E-state index is 13.6. The summed E-state index contributed by atoms with van der Waals surface area (Å²) < 4.78 is 23.0. The molecule has 1 saturated heterocycles. The molecule has 1 aliphatic heterocycles. The van der Waals surface area contributed by atoms with E-state index < -0.39 is 0 Å². The van der Waals surface area contributed by atoms with Crippen molar-refractivity contribution in [3.8, 4) is 22.6 Å². The number of anilines is 2. The zero-order chi connectivity index (χ0) is 22.4. The van der Waals surface area contributed by atoms with Gasteiger partial charge in [-0.15, -0.1) is 0 Å². The third-order valence-electron chi connectivity index (χ3n) is 5.92. The van der Waals surface area contributed by atoms with Crippen LogP contribution in [0.2, 0.25) is 0 Å². The summed E-state index contributed by atoms with van der Waals surface area (Å²) in [5.41, 5.74) is 5.79. The van der Waals surface area contributed by atoms with Crippen LogP contribution in [0, 0.1) is 5.82 Å². The second kappa shape index (κ2) is 7.86. The van der Waals surface area contributed by atoms with Gasteiger partial charge in [-0.3, -0.25) is 4.40 Å². The number of pyridine rings is 1. The number of benzene rings is 1. The van der Waals surface area contributed by atoms with E-state index in [1.54, 1.807) is 16.6 Å². The molecule has 1 fully saturated rings. The Labute approximate surface area is 189 Å². The number of imidazole rings is 2. The lowest BCUT2D eigenvalue weighted by Gasteiger charge is -2.28. The van der Waals surface area contributed by atoms with Gasteiger partial charge in [0.15, 0.2) is 5.65 Å². The van der Waals surface area contributed by atoms with E-state index in [4.69, 9.17) is 14.8 Å². The second-order valence-corrected chi connectivity index (χ2v) is 7.93. The number of hydrogen-bond acceptors (Lipinski definition) is 6. The molecule has 0 bridgehead atoms. The summed E-state index contributed by atoms with van der Waals surface area (Å²) in [5.74, 6) is 0.461. The standard InChI is InChI=1S/C24H22FN7O/c1-26-20-15-32-22(27-20)9-7-19(29-32)24-23(16-2-4-17(25)5-3-16)28-21-8-6-18(14-31(21)24)30-10-12-33-13-11-30/h2-9,14-15,26H,10-13H2,1H3. The fourth-order valence-corrected chi connectivity index (χ4v) is 4.22. The topological polar surface area (TPSA) is 72.0 Å². The zero-order valence-electron chi connectivity index (χ0n) is 18.1. The van der Waals surface area contributed by atoms with Crippen molar-refractivity contribution < 1.29 is 9.13 Å². The van der Waals surface area contributed by atoms with Crippen molar-refractivity contribution in [2.45, 2.75) is 0 Å². The number of fused-ring (bicyclic) bond motifs is 2. The predicted octanol–water partition coefficient (Wildman–Crippen LogP) is 3.73. The van der Waals surface area contributed by atoms with Crippen molar-refractivity contribution in [2.75, 3.05) is 43.6 Å². The van der Waals surface area contributed by atoms with E-state index in [0.717, 1.165) is 58.5 Å². The molecule has 0 amide bonds. The predicted molar refractivity (Wildman–Crippen MR) is 125 cm³/mol. The first-order chi connectivity index (χ1) is 16.2. The van der Waals surface area contributed by atoms with Crippen molar-refractivity contribution in [3.05, 3.63) is 66.7 Å². The average molecular weight is 443 g/mol. The largest absolute Gasteiger partial charge is 0.378 e. The molecule has 0 radical (unpaired) electrons. The van der Waals surface area contributed by atoms with Crippen LogP contribution in [0.15, 0.2) is 60.9 Å². The van der Waals surface area contributed by atoms with Crippen molar-refractivity contribution in [1.82, 2.24) is 24.0 Å². The molecule has 5 heterocycles. The van der Waals surface area contributed by atoms with E-state index in [-0.39, 0.29) is 5.82 Å². The summed E-state index contributed by atoms with van der Waals surface area (Å²) in [7, 11) is 1.83. The molecule has 0 unspecified atom stereocenters. The average Bonchev–Trinajstić information content (AvgIpc) is 3.45. The van der Waals surface area contributed by atoms with Gasteiger partial charge < -0.3 is 15.0 Å².